The van der Waals surface area contributed by atoms with Gasteiger partial charge in [-0.15, -0.1) is 0 Å². The molecule has 1 N–H and O–H groups in total. The van der Waals surface area contributed by atoms with E-state index in [9.17, 15) is 9.59 Å². The number of likely N-dealkylation sites (tertiary alicyclic amines) is 1. The van der Waals surface area contributed by atoms with E-state index in [1.165, 1.54) is 5.56 Å². The zero-order chi connectivity index (χ0) is 14.4. The van der Waals surface area contributed by atoms with Crippen molar-refractivity contribution in [2.24, 2.45) is 5.41 Å². The summed E-state index contributed by atoms with van der Waals surface area (Å²) in [7, 11) is 0. The van der Waals surface area contributed by atoms with Crippen LogP contribution in [0.25, 0.3) is 0 Å². The molecule has 1 spiro atoms. The van der Waals surface area contributed by atoms with Crippen molar-refractivity contribution in [3.05, 3.63) is 29.8 Å². The minimum absolute atomic E-state index is 0.0213. The highest BCUT2D eigenvalue weighted by Gasteiger charge is 2.49. The van der Waals surface area contributed by atoms with Crippen LogP contribution in [0.15, 0.2) is 24.3 Å². The second kappa shape index (κ2) is 4.38. The molecule has 2 fully saturated rings. The van der Waals surface area contributed by atoms with Gasteiger partial charge in [-0.25, -0.2) is 4.79 Å². The average molecular weight is 288 g/mol. The maximum Gasteiger partial charge on any atom is 0.407 e. The molecule has 4 rings (SSSR count). The number of cyclic esters (lactones) is 1. The summed E-state index contributed by atoms with van der Waals surface area (Å²) in [5.74, 6) is 0.884. The van der Waals surface area contributed by atoms with Gasteiger partial charge in [0.1, 0.15) is 18.4 Å². The number of nitrogens with one attached hydrogen (secondary N) is 1. The van der Waals surface area contributed by atoms with E-state index >= 15 is 0 Å². The van der Waals surface area contributed by atoms with E-state index in [1.807, 2.05) is 18.2 Å². The second-order valence-electron chi connectivity index (χ2n) is 6.06. The van der Waals surface area contributed by atoms with Crippen molar-refractivity contribution in [3.63, 3.8) is 0 Å². The van der Waals surface area contributed by atoms with E-state index in [2.05, 4.69) is 11.4 Å². The minimum atomic E-state index is -0.536. The Bertz CT molecular complexity index is 609. The van der Waals surface area contributed by atoms with E-state index in [4.69, 9.17) is 9.47 Å². The number of alkyl carbamates (subject to hydrolysis) is 1. The molecule has 2 saturated heterocycles. The van der Waals surface area contributed by atoms with Gasteiger partial charge in [0.2, 0.25) is 5.91 Å². The number of amides is 2. The van der Waals surface area contributed by atoms with Crippen molar-refractivity contribution in [3.8, 4) is 5.75 Å². The van der Waals surface area contributed by atoms with Crippen LogP contribution in [0.1, 0.15) is 5.56 Å². The first-order valence-electron chi connectivity index (χ1n) is 7.08. The Morgan fingerprint density at radius 3 is 2.86 bits per heavy atom. The number of nitrogens with zero attached hydrogens (tertiary/aromatic N) is 1. The van der Waals surface area contributed by atoms with Crippen LogP contribution in [0.2, 0.25) is 0 Å². The van der Waals surface area contributed by atoms with Crippen molar-refractivity contribution in [2.75, 3.05) is 26.3 Å². The molecule has 3 aliphatic rings. The number of rotatable bonds is 1. The number of hydrogen-bond acceptors (Lipinski definition) is 4. The largest absolute Gasteiger partial charge is 0.493 e. The van der Waals surface area contributed by atoms with E-state index < -0.39 is 12.1 Å². The van der Waals surface area contributed by atoms with Crippen molar-refractivity contribution in [1.29, 1.82) is 0 Å². The fourth-order valence-corrected chi connectivity index (χ4v) is 3.34. The van der Waals surface area contributed by atoms with Crippen LogP contribution in [0, 0.1) is 5.41 Å². The molecule has 1 atom stereocenters. The van der Waals surface area contributed by atoms with E-state index in [1.54, 1.807) is 4.90 Å². The fourth-order valence-electron chi connectivity index (χ4n) is 3.34. The summed E-state index contributed by atoms with van der Waals surface area (Å²) < 4.78 is 10.6. The summed E-state index contributed by atoms with van der Waals surface area (Å²) in [6.45, 7) is 2.11. The first-order valence-corrected chi connectivity index (χ1v) is 7.08. The standard InChI is InChI=1S/C15H16N2O4/c18-13(11-6-20-14(19)16-11)17-7-15(8-17)5-10-3-1-2-4-12(10)21-9-15/h1-4,11H,5-9H2,(H,16,19)/t11-/m0/s1. The Labute approximate surface area is 122 Å². The Balaban J connectivity index is 1.41. The normalized spacial score (nSPS) is 25.4. The summed E-state index contributed by atoms with van der Waals surface area (Å²) in [6, 6.07) is 7.50. The van der Waals surface area contributed by atoms with Crippen LogP contribution >= 0.6 is 0 Å². The molecule has 0 saturated carbocycles. The lowest BCUT2D eigenvalue weighted by Gasteiger charge is -2.52. The number of fused-ring (bicyclic) bond motifs is 1. The van der Waals surface area contributed by atoms with Gasteiger partial charge in [0, 0.05) is 18.5 Å². The molecule has 0 unspecified atom stereocenters. The maximum absolute atomic E-state index is 12.2. The van der Waals surface area contributed by atoms with Crippen molar-refractivity contribution >= 4 is 12.0 Å². The quantitative estimate of drug-likeness (QED) is 0.820. The molecule has 0 bridgehead atoms. The van der Waals surface area contributed by atoms with Crippen molar-refractivity contribution < 1.29 is 19.1 Å². The molecular weight excluding hydrogens is 272 g/mol. The van der Waals surface area contributed by atoms with Crippen LogP contribution < -0.4 is 10.1 Å². The summed E-state index contributed by atoms with van der Waals surface area (Å²) in [5.41, 5.74) is 1.22. The second-order valence-corrected chi connectivity index (χ2v) is 6.06. The van der Waals surface area contributed by atoms with Gasteiger partial charge in [0.25, 0.3) is 0 Å². The molecule has 0 radical (unpaired) electrons. The van der Waals surface area contributed by atoms with Gasteiger partial charge in [0.05, 0.1) is 6.61 Å². The molecule has 0 aliphatic carbocycles. The summed E-state index contributed by atoms with van der Waals surface area (Å²) in [6.07, 6.45) is 0.416. The number of carbonyl (C=O) groups is 2. The average Bonchev–Trinajstić information content (AvgIpc) is 2.90. The van der Waals surface area contributed by atoms with Gasteiger partial charge in [-0.05, 0) is 18.1 Å². The monoisotopic (exact) mass is 288 g/mol. The maximum atomic E-state index is 12.2. The minimum Gasteiger partial charge on any atom is -0.493 e. The summed E-state index contributed by atoms with van der Waals surface area (Å²) in [4.78, 5) is 25.0. The smallest absolute Gasteiger partial charge is 0.407 e. The van der Waals surface area contributed by atoms with Crippen LogP contribution in [0.3, 0.4) is 0 Å². The van der Waals surface area contributed by atoms with Gasteiger partial charge in [0.15, 0.2) is 0 Å². The predicted molar refractivity (Wildman–Crippen MR) is 72.9 cm³/mol. The third kappa shape index (κ3) is 2.02. The van der Waals surface area contributed by atoms with Gasteiger partial charge in [-0.2, -0.15) is 0 Å². The highest BCUT2D eigenvalue weighted by molar-refractivity contribution is 5.88. The SMILES string of the molecule is O=C1N[C@H](C(=O)N2CC3(COc4ccccc4C3)C2)CO1. The van der Waals surface area contributed by atoms with Crippen molar-refractivity contribution in [2.45, 2.75) is 12.5 Å². The zero-order valence-corrected chi connectivity index (χ0v) is 11.5. The van der Waals surface area contributed by atoms with Crippen LogP contribution in [-0.4, -0.2) is 49.2 Å². The van der Waals surface area contributed by atoms with Gasteiger partial charge in [-0.3, -0.25) is 4.79 Å². The number of para-hydroxylation sites is 1. The fraction of sp³-hybridized carbons (Fsp3) is 0.467. The van der Waals surface area contributed by atoms with Crippen LogP contribution in [-0.2, 0) is 16.0 Å². The van der Waals surface area contributed by atoms with E-state index in [-0.39, 0.29) is 17.9 Å². The first kappa shape index (κ1) is 12.5. The third-order valence-electron chi connectivity index (χ3n) is 4.41. The zero-order valence-electron chi connectivity index (χ0n) is 11.5. The Morgan fingerprint density at radius 2 is 2.10 bits per heavy atom. The van der Waals surface area contributed by atoms with E-state index in [0.717, 1.165) is 12.2 Å². The van der Waals surface area contributed by atoms with Gasteiger partial charge in [-0.1, -0.05) is 18.2 Å². The lowest BCUT2D eigenvalue weighted by atomic mass is 9.73. The summed E-state index contributed by atoms with van der Waals surface area (Å²) in [5, 5.41) is 2.53. The third-order valence-corrected chi connectivity index (χ3v) is 4.41. The number of hydrogen-bond donors (Lipinski definition) is 1. The molecule has 110 valence electrons. The van der Waals surface area contributed by atoms with Crippen LogP contribution in [0.4, 0.5) is 4.79 Å². The highest BCUT2D eigenvalue weighted by Crippen LogP contribution is 2.41. The molecule has 0 aromatic heterocycles. The van der Waals surface area contributed by atoms with Gasteiger partial charge >= 0.3 is 6.09 Å². The Kier molecular flexibility index (Phi) is 2.60. The van der Waals surface area contributed by atoms with Crippen LogP contribution in [0.5, 0.6) is 5.75 Å². The summed E-state index contributed by atoms with van der Waals surface area (Å²) >= 11 is 0. The highest BCUT2D eigenvalue weighted by atomic mass is 16.6. The predicted octanol–water partition coefficient (Wildman–Crippen LogP) is 0.558. The van der Waals surface area contributed by atoms with E-state index in [0.29, 0.717) is 19.7 Å². The van der Waals surface area contributed by atoms with Crippen molar-refractivity contribution in [1.82, 2.24) is 10.2 Å². The lowest BCUT2D eigenvalue weighted by molar-refractivity contribution is -0.148. The Hall–Kier alpha value is -2.24. The van der Waals surface area contributed by atoms with Gasteiger partial charge < -0.3 is 19.7 Å². The molecule has 1 aromatic carbocycles. The molecule has 1 aromatic rings. The lowest BCUT2D eigenvalue weighted by Crippen LogP contribution is -2.65. The number of carbonyl (C=O) groups excluding carboxylic acids is 2. The molecule has 2 amide bonds. The topological polar surface area (TPSA) is 67.9 Å². The Morgan fingerprint density at radius 1 is 1.29 bits per heavy atom. The molecule has 21 heavy (non-hydrogen) atoms. The molecule has 6 nitrogen and oxygen atoms in total. The molecule has 3 aliphatic heterocycles. The number of benzene rings is 1. The molecular formula is C15H16N2O4. The molecule has 6 heteroatoms. The molecule has 3 heterocycles. The first-order chi connectivity index (χ1) is 10.2. The number of ether oxygens (including phenoxy) is 2.